The largest absolute Gasteiger partial charge is 0.354 e. The van der Waals surface area contributed by atoms with Gasteiger partial charge in [0.15, 0.2) is 0 Å². The van der Waals surface area contributed by atoms with Crippen molar-refractivity contribution in [1.29, 1.82) is 0 Å². The van der Waals surface area contributed by atoms with Crippen LogP contribution < -0.4 is 9.62 Å². The van der Waals surface area contributed by atoms with Crippen molar-refractivity contribution < 1.29 is 18.0 Å². The molecule has 0 heterocycles. The first-order chi connectivity index (χ1) is 19.0. The lowest BCUT2D eigenvalue weighted by molar-refractivity contribution is -0.140. The van der Waals surface area contributed by atoms with E-state index in [1.807, 2.05) is 94.4 Å². The summed E-state index contributed by atoms with van der Waals surface area (Å²) in [7, 11) is -3.80. The zero-order valence-electron chi connectivity index (χ0n) is 24.1. The third-order valence-electron chi connectivity index (χ3n) is 6.88. The normalized spacial score (nSPS) is 12.2. The summed E-state index contributed by atoms with van der Waals surface area (Å²) in [6.45, 7) is 8.16. The number of rotatable bonds is 13. The zero-order valence-corrected chi connectivity index (χ0v) is 24.9. The Kier molecular flexibility index (Phi) is 10.9. The van der Waals surface area contributed by atoms with E-state index in [0.717, 1.165) is 32.8 Å². The van der Waals surface area contributed by atoms with Crippen molar-refractivity contribution in [1.82, 2.24) is 10.2 Å². The van der Waals surface area contributed by atoms with E-state index in [0.29, 0.717) is 25.1 Å². The van der Waals surface area contributed by atoms with E-state index in [9.17, 15) is 18.0 Å². The Balaban J connectivity index is 2.08. The number of carbonyl (C=O) groups is 2. The number of para-hydroxylation sites is 1. The Morgan fingerprint density at radius 3 is 2.08 bits per heavy atom. The van der Waals surface area contributed by atoms with Crippen LogP contribution >= 0.6 is 0 Å². The molecule has 0 aliphatic carbocycles. The van der Waals surface area contributed by atoms with Crippen LogP contribution in [0.15, 0.2) is 78.9 Å². The topological polar surface area (TPSA) is 86.8 Å². The maximum absolute atomic E-state index is 14.2. The average molecular weight is 564 g/mol. The lowest BCUT2D eigenvalue weighted by Crippen LogP contribution is -2.53. The first kappa shape index (κ1) is 30.9. The molecular weight excluding hydrogens is 522 g/mol. The van der Waals surface area contributed by atoms with Crippen molar-refractivity contribution in [3.05, 3.63) is 101 Å². The third kappa shape index (κ3) is 8.42. The van der Waals surface area contributed by atoms with E-state index >= 15 is 0 Å². The van der Waals surface area contributed by atoms with Gasteiger partial charge in [-0.3, -0.25) is 13.9 Å². The summed E-state index contributed by atoms with van der Waals surface area (Å²) in [5.41, 5.74) is 4.08. The van der Waals surface area contributed by atoms with Gasteiger partial charge in [-0.25, -0.2) is 8.42 Å². The predicted molar refractivity (Wildman–Crippen MR) is 162 cm³/mol. The maximum Gasteiger partial charge on any atom is 0.244 e. The number of sulfonamides is 1. The molecule has 0 radical (unpaired) electrons. The average Bonchev–Trinajstić information content (AvgIpc) is 2.93. The van der Waals surface area contributed by atoms with E-state index in [-0.39, 0.29) is 18.4 Å². The maximum atomic E-state index is 14.2. The highest BCUT2D eigenvalue weighted by atomic mass is 32.2. The van der Waals surface area contributed by atoms with Crippen LogP contribution in [0.25, 0.3) is 0 Å². The second-order valence-electron chi connectivity index (χ2n) is 10.5. The minimum Gasteiger partial charge on any atom is -0.354 e. The highest BCUT2D eigenvalue weighted by Crippen LogP contribution is 2.25. The fourth-order valence-corrected chi connectivity index (χ4v) is 5.48. The van der Waals surface area contributed by atoms with E-state index in [2.05, 4.69) is 5.32 Å². The highest BCUT2D eigenvalue weighted by molar-refractivity contribution is 7.92. The van der Waals surface area contributed by atoms with Crippen molar-refractivity contribution in [2.24, 2.45) is 5.92 Å². The molecular formula is C32H41N3O4S. The van der Waals surface area contributed by atoms with Gasteiger partial charge in [-0.1, -0.05) is 93.6 Å². The number of carbonyl (C=O) groups excluding carboxylic acids is 2. The summed E-state index contributed by atoms with van der Waals surface area (Å²) >= 11 is 0. The lowest BCUT2D eigenvalue weighted by atomic mass is 10.0. The molecule has 0 aliphatic rings. The van der Waals surface area contributed by atoms with Crippen molar-refractivity contribution in [3.63, 3.8) is 0 Å². The summed E-state index contributed by atoms with van der Waals surface area (Å²) in [6.07, 6.45) is 2.01. The smallest absolute Gasteiger partial charge is 0.244 e. The Hall–Kier alpha value is -3.65. The van der Waals surface area contributed by atoms with Crippen molar-refractivity contribution >= 4 is 27.5 Å². The summed E-state index contributed by atoms with van der Waals surface area (Å²) in [4.78, 5) is 29.4. The number of aryl methyl sites for hydroxylation is 2. The number of amides is 2. The second-order valence-corrected chi connectivity index (χ2v) is 12.5. The van der Waals surface area contributed by atoms with Crippen molar-refractivity contribution in [3.8, 4) is 0 Å². The van der Waals surface area contributed by atoms with Crippen molar-refractivity contribution in [2.75, 3.05) is 23.7 Å². The summed E-state index contributed by atoms with van der Waals surface area (Å²) in [5, 5.41) is 3.01. The van der Waals surface area contributed by atoms with Gasteiger partial charge >= 0.3 is 0 Å². The molecule has 0 fully saturated rings. The monoisotopic (exact) mass is 563 g/mol. The molecule has 3 rings (SSSR count). The summed E-state index contributed by atoms with van der Waals surface area (Å²) in [6, 6.07) is 23.6. The molecule has 3 aromatic carbocycles. The van der Waals surface area contributed by atoms with E-state index in [1.165, 1.54) is 4.90 Å². The molecule has 3 aromatic rings. The van der Waals surface area contributed by atoms with Gasteiger partial charge in [0.2, 0.25) is 21.8 Å². The van der Waals surface area contributed by atoms with Crippen LogP contribution in [0.2, 0.25) is 0 Å². The first-order valence-electron chi connectivity index (χ1n) is 13.7. The zero-order chi connectivity index (χ0) is 29.3. The van der Waals surface area contributed by atoms with E-state index in [4.69, 9.17) is 0 Å². The number of anilines is 1. The van der Waals surface area contributed by atoms with Crippen LogP contribution in [0.1, 0.15) is 43.0 Å². The third-order valence-corrected chi connectivity index (χ3v) is 8.00. The van der Waals surface area contributed by atoms with Gasteiger partial charge in [-0.05, 0) is 47.6 Å². The Morgan fingerprint density at radius 2 is 1.48 bits per heavy atom. The molecule has 214 valence electrons. The molecule has 0 bridgehead atoms. The van der Waals surface area contributed by atoms with Gasteiger partial charge in [0, 0.05) is 19.5 Å². The van der Waals surface area contributed by atoms with Gasteiger partial charge in [-0.2, -0.15) is 0 Å². The Labute approximate surface area is 239 Å². The second kappa shape index (κ2) is 14.1. The molecule has 0 saturated carbocycles. The first-order valence-corrected chi connectivity index (χ1v) is 15.6. The predicted octanol–water partition coefficient (Wildman–Crippen LogP) is 4.74. The number of benzene rings is 3. The van der Waals surface area contributed by atoms with E-state index in [1.54, 1.807) is 12.1 Å². The van der Waals surface area contributed by atoms with Gasteiger partial charge < -0.3 is 10.2 Å². The molecule has 1 atom stereocenters. The molecule has 8 heteroatoms. The fraction of sp³-hybridized carbons (Fsp3) is 0.375. The molecule has 0 aliphatic heterocycles. The minimum absolute atomic E-state index is 0.172. The summed E-state index contributed by atoms with van der Waals surface area (Å²) in [5.74, 6) is -0.479. The molecule has 0 saturated heterocycles. The van der Waals surface area contributed by atoms with Gasteiger partial charge in [0.25, 0.3) is 0 Å². The molecule has 0 spiro atoms. The molecule has 0 aromatic heterocycles. The van der Waals surface area contributed by atoms with Crippen LogP contribution in [-0.2, 0) is 39.0 Å². The lowest BCUT2D eigenvalue weighted by Gasteiger charge is -2.34. The number of nitrogens with one attached hydrogen (secondary N) is 1. The van der Waals surface area contributed by atoms with Crippen LogP contribution in [0.5, 0.6) is 0 Å². The van der Waals surface area contributed by atoms with Gasteiger partial charge in [0.1, 0.15) is 12.6 Å². The molecule has 40 heavy (non-hydrogen) atoms. The van der Waals surface area contributed by atoms with Crippen LogP contribution in [-0.4, -0.2) is 50.5 Å². The minimum atomic E-state index is -3.80. The summed E-state index contributed by atoms with van der Waals surface area (Å²) < 4.78 is 27.2. The van der Waals surface area contributed by atoms with Gasteiger partial charge in [-0.15, -0.1) is 0 Å². The standard InChI is InChI=1S/C32H41N3O4S/c1-6-27-17-12-13-19-29(27)35(40(5,38)39)23-31(36)34(22-28-18-11-10-14-25(28)4)30(32(37)33-21-24(2)3)20-26-15-8-7-9-16-26/h7-19,24,30H,6,20-23H2,1-5H3,(H,33,37). The SMILES string of the molecule is CCc1ccccc1N(CC(=O)N(Cc1ccccc1C)C(Cc1ccccc1)C(=O)NCC(C)C)S(C)(=O)=O. The quantitative estimate of drug-likeness (QED) is 0.326. The Morgan fingerprint density at radius 1 is 0.875 bits per heavy atom. The van der Waals surface area contributed by atoms with Crippen LogP contribution in [0.3, 0.4) is 0 Å². The molecule has 2 amide bonds. The molecule has 7 nitrogen and oxygen atoms in total. The number of hydrogen-bond donors (Lipinski definition) is 1. The number of nitrogens with zero attached hydrogens (tertiary/aromatic N) is 2. The molecule has 1 N–H and O–H groups in total. The van der Waals surface area contributed by atoms with E-state index < -0.39 is 28.5 Å². The van der Waals surface area contributed by atoms with Crippen LogP contribution in [0, 0.1) is 12.8 Å². The van der Waals surface area contributed by atoms with Crippen molar-refractivity contribution in [2.45, 2.75) is 53.1 Å². The fourth-order valence-electron chi connectivity index (χ4n) is 4.60. The van der Waals surface area contributed by atoms with Crippen LogP contribution in [0.4, 0.5) is 5.69 Å². The molecule has 1 unspecified atom stereocenters. The Bertz CT molecular complexity index is 1390. The number of hydrogen-bond acceptors (Lipinski definition) is 4. The highest BCUT2D eigenvalue weighted by Gasteiger charge is 2.33. The van der Waals surface area contributed by atoms with Gasteiger partial charge in [0.05, 0.1) is 11.9 Å².